The molecule has 180 valence electrons. The van der Waals surface area contributed by atoms with Crippen molar-refractivity contribution in [2.24, 2.45) is 0 Å². The number of benzene rings is 3. The zero-order valence-corrected chi connectivity index (χ0v) is 20.5. The predicted molar refractivity (Wildman–Crippen MR) is 131 cm³/mol. The number of ether oxygens (including phenoxy) is 3. The molecule has 0 aromatic heterocycles. The number of rotatable bonds is 7. The first kappa shape index (κ1) is 24.7. The summed E-state index contributed by atoms with van der Waals surface area (Å²) in [5.74, 6) is -0.403. The SMILES string of the molecule is COc1ccc2cc(C(C)C(=O)OCCN3CCOC(c4cc(F)c(Cl)cc4Cl)C3)ccc2c1. The van der Waals surface area contributed by atoms with Gasteiger partial charge in [-0.1, -0.05) is 47.5 Å². The molecule has 1 fully saturated rings. The third-order valence-electron chi connectivity index (χ3n) is 6.11. The Morgan fingerprint density at radius 1 is 1.15 bits per heavy atom. The molecular formula is C26H26Cl2FNO4. The molecular weight excluding hydrogens is 480 g/mol. The van der Waals surface area contributed by atoms with E-state index in [9.17, 15) is 9.18 Å². The number of halogens is 3. The molecule has 0 N–H and O–H groups in total. The van der Waals surface area contributed by atoms with Crippen molar-refractivity contribution >= 4 is 39.9 Å². The monoisotopic (exact) mass is 505 g/mol. The van der Waals surface area contributed by atoms with Crippen LogP contribution in [0.5, 0.6) is 5.75 Å². The van der Waals surface area contributed by atoms with Crippen LogP contribution in [0.2, 0.25) is 10.0 Å². The number of hydrogen-bond acceptors (Lipinski definition) is 5. The average molecular weight is 506 g/mol. The highest BCUT2D eigenvalue weighted by Crippen LogP contribution is 2.32. The molecule has 3 aromatic carbocycles. The fourth-order valence-corrected chi connectivity index (χ4v) is 4.56. The summed E-state index contributed by atoms with van der Waals surface area (Å²) in [5, 5.41) is 2.43. The van der Waals surface area contributed by atoms with Crippen LogP contribution in [0.4, 0.5) is 4.39 Å². The average Bonchev–Trinajstić information content (AvgIpc) is 2.85. The molecule has 1 heterocycles. The first-order valence-electron chi connectivity index (χ1n) is 11.1. The molecule has 0 amide bonds. The van der Waals surface area contributed by atoms with Crippen LogP contribution in [0, 0.1) is 5.82 Å². The van der Waals surface area contributed by atoms with E-state index in [0.717, 1.165) is 22.1 Å². The zero-order valence-electron chi connectivity index (χ0n) is 19.0. The topological polar surface area (TPSA) is 48.0 Å². The Morgan fingerprint density at radius 2 is 1.91 bits per heavy atom. The van der Waals surface area contributed by atoms with Crippen molar-refractivity contribution in [3.63, 3.8) is 0 Å². The van der Waals surface area contributed by atoms with Gasteiger partial charge in [0.25, 0.3) is 0 Å². The second kappa shape index (κ2) is 10.9. The number of nitrogens with zero attached hydrogens (tertiary/aromatic N) is 1. The molecule has 8 heteroatoms. The Morgan fingerprint density at radius 3 is 2.71 bits per heavy atom. The third kappa shape index (κ3) is 5.63. The standard InChI is InChI=1S/C26H26Cl2FNO4/c1-16(17-3-4-19-12-20(32-2)6-5-18(19)11-17)26(31)34-10-8-30-7-9-33-25(15-30)21-13-24(29)23(28)14-22(21)27/h3-6,11-14,16,25H,7-10,15H2,1-2H3. The minimum atomic E-state index is -0.530. The van der Waals surface area contributed by atoms with E-state index in [0.29, 0.717) is 36.8 Å². The van der Waals surface area contributed by atoms with Gasteiger partial charge in [0.1, 0.15) is 18.2 Å². The lowest BCUT2D eigenvalue weighted by molar-refractivity contribution is -0.146. The second-order valence-corrected chi connectivity index (χ2v) is 9.12. The normalized spacial score (nSPS) is 17.5. The Hall–Kier alpha value is -2.38. The highest BCUT2D eigenvalue weighted by molar-refractivity contribution is 6.35. The van der Waals surface area contributed by atoms with Gasteiger partial charge in [0.05, 0.1) is 30.8 Å². The van der Waals surface area contributed by atoms with E-state index in [1.165, 1.54) is 12.1 Å². The lowest BCUT2D eigenvalue weighted by atomic mass is 9.98. The summed E-state index contributed by atoms with van der Waals surface area (Å²) in [6.45, 7) is 4.31. The molecule has 0 radical (unpaired) electrons. The van der Waals surface area contributed by atoms with Gasteiger partial charge < -0.3 is 14.2 Å². The van der Waals surface area contributed by atoms with Crippen molar-refractivity contribution in [2.45, 2.75) is 18.9 Å². The van der Waals surface area contributed by atoms with Gasteiger partial charge in [-0.05, 0) is 47.5 Å². The number of fused-ring (bicyclic) bond motifs is 1. The number of morpholine rings is 1. The zero-order chi connectivity index (χ0) is 24.2. The van der Waals surface area contributed by atoms with Crippen LogP contribution in [0.15, 0.2) is 48.5 Å². The molecule has 0 aliphatic carbocycles. The van der Waals surface area contributed by atoms with Crippen LogP contribution in [0.3, 0.4) is 0 Å². The van der Waals surface area contributed by atoms with E-state index >= 15 is 0 Å². The van der Waals surface area contributed by atoms with Gasteiger partial charge in [-0.25, -0.2) is 4.39 Å². The third-order valence-corrected chi connectivity index (χ3v) is 6.73. The maximum absolute atomic E-state index is 13.9. The number of carbonyl (C=O) groups excluding carboxylic acids is 1. The van der Waals surface area contributed by atoms with E-state index in [2.05, 4.69) is 4.90 Å². The lowest BCUT2D eigenvalue weighted by Gasteiger charge is -2.33. The van der Waals surface area contributed by atoms with E-state index in [4.69, 9.17) is 37.4 Å². The molecule has 2 unspecified atom stereocenters. The number of hydrogen-bond donors (Lipinski definition) is 0. The first-order valence-corrected chi connectivity index (χ1v) is 11.8. The lowest BCUT2D eigenvalue weighted by Crippen LogP contribution is -2.40. The summed E-state index contributed by atoms with van der Waals surface area (Å²) in [6, 6.07) is 14.5. The molecule has 0 saturated carbocycles. The number of methoxy groups -OCH3 is 1. The Balaban J connectivity index is 1.32. The van der Waals surface area contributed by atoms with Crippen molar-refractivity contribution < 1.29 is 23.4 Å². The van der Waals surface area contributed by atoms with Crippen LogP contribution >= 0.6 is 23.2 Å². The highest BCUT2D eigenvalue weighted by atomic mass is 35.5. The van der Waals surface area contributed by atoms with E-state index < -0.39 is 5.82 Å². The fourth-order valence-electron chi connectivity index (χ4n) is 4.05. The molecule has 1 saturated heterocycles. The smallest absolute Gasteiger partial charge is 0.313 e. The van der Waals surface area contributed by atoms with Gasteiger partial charge in [0.2, 0.25) is 0 Å². The molecule has 2 atom stereocenters. The van der Waals surface area contributed by atoms with Crippen molar-refractivity contribution in [2.75, 3.05) is 40.0 Å². The van der Waals surface area contributed by atoms with E-state index in [1.807, 2.05) is 43.3 Å². The van der Waals surface area contributed by atoms with Crippen LogP contribution in [0.1, 0.15) is 30.1 Å². The summed E-state index contributed by atoms with van der Waals surface area (Å²) in [6.07, 6.45) is -0.376. The molecule has 3 aromatic rings. The first-order chi connectivity index (χ1) is 16.4. The Kier molecular flexibility index (Phi) is 7.94. The summed E-state index contributed by atoms with van der Waals surface area (Å²) >= 11 is 12.0. The van der Waals surface area contributed by atoms with Gasteiger partial charge in [0, 0.05) is 30.2 Å². The summed E-state index contributed by atoms with van der Waals surface area (Å²) in [4.78, 5) is 14.8. The second-order valence-electron chi connectivity index (χ2n) is 8.31. The predicted octanol–water partition coefficient (Wildman–Crippen LogP) is 6.01. The molecule has 1 aliphatic heterocycles. The number of carbonyl (C=O) groups is 1. The van der Waals surface area contributed by atoms with Gasteiger partial charge in [0.15, 0.2) is 0 Å². The molecule has 1 aliphatic rings. The molecule has 0 spiro atoms. The quantitative estimate of drug-likeness (QED) is 0.290. The Labute approximate surface area is 208 Å². The van der Waals surface area contributed by atoms with Crippen molar-refractivity contribution in [3.8, 4) is 5.75 Å². The van der Waals surface area contributed by atoms with Crippen LogP contribution < -0.4 is 4.74 Å². The minimum Gasteiger partial charge on any atom is -0.497 e. The minimum absolute atomic E-state index is 0.0198. The molecule has 5 nitrogen and oxygen atoms in total. The summed E-state index contributed by atoms with van der Waals surface area (Å²) in [7, 11) is 1.64. The van der Waals surface area contributed by atoms with Crippen LogP contribution in [-0.2, 0) is 14.3 Å². The molecule has 0 bridgehead atoms. The van der Waals surface area contributed by atoms with Gasteiger partial charge >= 0.3 is 5.97 Å². The van der Waals surface area contributed by atoms with Crippen molar-refractivity contribution in [1.29, 1.82) is 0 Å². The van der Waals surface area contributed by atoms with Gasteiger partial charge in [-0.15, -0.1) is 0 Å². The van der Waals surface area contributed by atoms with Gasteiger partial charge in [-0.3, -0.25) is 9.69 Å². The maximum Gasteiger partial charge on any atom is 0.313 e. The summed E-state index contributed by atoms with van der Waals surface area (Å²) < 4.78 is 30.5. The fraction of sp³-hybridized carbons (Fsp3) is 0.346. The largest absolute Gasteiger partial charge is 0.497 e. The number of esters is 1. The molecule has 34 heavy (non-hydrogen) atoms. The van der Waals surface area contributed by atoms with Crippen LogP contribution in [0.25, 0.3) is 10.8 Å². The summed E-state index contributed by atoms with van der Waals surface area (Å²) in [5.41, 5.74) is 1.46. The van der Waals surface area contributed by atoms with Crippen molar-refractivity contribution in [3.05, 3.63) is 75.5 Å². The van der Waals surface area contributed by atoms with Crippen molar-refractivity contribution in [1.82, 2.24) is 4.90 Å². The van der Waals surface area contributed by atoms with Crippen LogP contribution in [-0.4, -0.2) is 50.8 Å². The highest BCUT2D eigenvalue weighted by Gasteiger charge is 2.25. The van der Waals surface area contributed by atoms with E-state index in [1.54, 1.807) is 7.11 Å². The molecule has 4 rings (SSSR count). The van der Waals surface area contributed by atoms with E-state index in [-0.39, 0.29) is 29.6 Å². The van der Waals surface area contributed by atoms with Gasteiger partial charge in [-0.2, -0.15) is 0 Å². The maximum atomic E-state index is 13.9. The Bertz CT molecular complexity index is 1190.